The second-order valence-electron chi connectivity index (χ2n) is 6.03. The lowest BCUT2D eigenvalue weighted by Gasteiger charge is -2.39. The van der Waals surface area contributed by atoms with Crippen LogP contribution in [0.15, 0.2) is 18.2 Å². The van der Waals surface area contributed by atoms with E-state index >= 15 is 0 Å². The number of nitrogens with zero attached hydrogens (tertiary/aromatic N) is 2. The molecule has 0 bridgehead atoms. The highest BCUT2D eigenvalue weighted by Crippen LogP contribution is 2.49. The number of hydrogen-bond acceptors (Lipinski definition) is 4. The number of para-hydroxylation sites is 1. The number of hydrogen-bond donors (Lipinski definition) is 1. The van der Waals surface area contributed by atoms with Crippen LogP contribution in [-0.2, 0) is 9.53 Å². The number of likely N-dealkylation sites (tertiary alicyclic amines) is 1. The molecule has 4 rings (SSSR count). The topological polar surface area (TPSA) is 61.9 Å². The lowest BCUT2D eigenvalue weighted by Crippen LogP contribution is -2.50. The molecule has 0 aliphatic carbocycles. The summed E-state index contributed by atoms with van der Waals surface area (Å²) in [6, 6.07) is 6.34. The molecular weight excluding hydrogens is 282 g/mol. The number of anilines is 2. The SMILES string of the molecule is CCOC(=O)N1CC[C@@H]2[C@H](C1)c1cccc3c1N2CC(=O)N3. The fourth-order valence-electron chi connectivity index (χ4n) is 3.99. The first-order valence-electron chi connectivity index (χ1n) is 7.80. The fourth-order valence-corrected chi connectivity index (χ4v) is 3.99. The lowest BCUT2D eigenvalue weighted by molar-refractivity contribution is -0.115. The van der Waals surface area contributed by atoms with E-state index in [1.165, 1.54) is 5.56 Å². The molecule has 0 radical (unpaired) electrons. The summed E-state index contributed by atoms with van der Waals surface area (Å²) in [6.45, 7) is 3.97. The second-order valence-corrected chi connectivity index (χ2v) is 6.03. The Hall–Kier alpha value is -2.24. The van der Waals surface area contributed by atoms with Crippen molar-refractivity contribution in [3.05, 3.63) is 23.8 Å². The number of carbonyl (C=O) groups excluding carboxylic acids is 2. The predicted molar refractivity (Wildman–Crippen MR) is 82.2 cm³/mol. The zero-order chi connectivity index (χ0) is 15.3. The number of amides is 2. The van der Waals surface area contributed by atoms with Gasteiger partial charge >= 0.3 is 6.09 Å². The number of benzene rings is 1. The first-order valence-corrected chi connectivity index (χ1v) is 7.80. The molecule has 22 heavy (non-hydrogen) atoms. The maximum Gasteiger partial charge on any atom is 0.409 e. The molecular formula is C16H19N3O3. The van der Waals surface area contributed by atoms with Crippen LogP contribution in [0, 0.1) is 0 Å². The van der Waals surface area contributed by atoms with Crippen LogP contribution in [0.25, 0.3) is 0 Å². The van der Waals surface area contributed by atoms with Gasteiger partial charge in [0.25, 0.3) is 0 Å². The first kappa shape index (κ1) is 13.4. The summed E-state index contributed by atoms with van der Waals surface area (Å²) in [6.07, 6.45) is 0.631. The number of rotatable bonds is 1. The predicted octanol–water partition coefficient (Wildman–Crippen LogP) is 1.77. The first-order chi connectivity index (χ1) is 10.7. The zero-order valence-corrected chi connectivity index (χ0v) is 12.5. The Labute approximate surface area is 129 Å². The maximum absolute atomic E-state index is 12.0. The van der Waals surface area contributed by atoms with Gasteiger partial charge in [-0.3, -0.25) is 4.79 Å². The van der Waals surface area contributed by atoms with E-state index in [4.69, 9.17) is 4.74 Å². The van der Waals surface area contributed by atoms with Crippen molar-refractivity contribution in [2.45, 2.75) is 25.3 Å². The summed E-state index contributed by atoms with van der Waals surface area (Å²) in [5, 5.41) is 2.95. The van der Waals surface area contributed by atoms with Crippen LogP contribution in [0.5, 0.6) is 0 Å². The minimum absolute atomic E-state index is 0.0399. The molecule has 3 heterocycles. The number of nitrogens with one attached hydrogen (secondary N) is 1. The van der Waals surface area contributed by atoms with Gasteiger partial charge < -0.3 is 19.9 Å². The molecule has 0 spiro atoms. The van der Waals surface area contributed by atoms with Gasteiger partial charge in [0.05, 0.1) is 24.5 Å². The number of ether oxygens (including phenoxy) is 1. The summed E-state index contributed by atoms with van der Waals surface area (Å²) in [5.41, 5.74) is 3.27. The Kier molecular flexibility index (Phi) is 2.99. The number of fused-ring (bicyclic) bond motifs is 3. The van der Waals surface area contributed by atoms with Crippen molar-refractivity contribution in [2.75, 3.05) is 36.5 Å². The van der Waals surface area contributed by atoms with Crippen molar-refractivity contribution in [1.82, 2.24) is 4.90 Å². The van der Waals surface area contributed by atoms with E-state index in [2.05, 4.69) is 16.3 Å². The Morgan fingerprint density at radius 3 is 3.14 bits per heavy atom. The van der Waals surface area contributed by atoms with Gasteiger partial charge in [-0.2, -0.15) is 0 Å². The largest absolute Gasteiger partial charge is 0.450 e. The average Bonchev–Trinajstić information content (AvgIpc) is 2.83. The summed E-state index contributed by atoms with van der Waals surface area (Å²) >= 11 is 0. The highest BCUT2D eigenvalue weighted by molar-refractivity contribution is 6.03. The van der Waals surface area contributed by atoms with Crippen LogP contribution in [0.2, 0.25) is 0 Å². The minimum atomic E-state index is -0.235. The molecule has 1 aromatic carbocycles. The van der Waals surface area contributed by atoms with Gasteiger partial charge in [-0.1, -0.05) is 12.1 Å². The van der Waals surface area contributed by atoms with E-state index in [0.717, 1.165) is 17.8 Å². The molecule has 0 aromatic heterocycles. The Morgan fingerprint density at radius 2 is 2.32 bits per heavy atom. The molecule has 0 saturated carbocycles. The molecule has 116 valence electrons. The molecule has 2 atom stereocenters. The summed E-state index contributed by atoms with van der Waals surface area (Å²) in [4.78, 5) is 27.9. The summed E-state index contributed by atoms with van der Waals surface area (Å²) in [7, 11) is 0. The second kappa shape index (κ2) is 4.90. The zero-order valence-electron chi connectivity index (χ0n) is 12.5. The van der Waals surface area contributed by atoms with Gasteiger partial charge in [-0.15, -0.1) is 0 Å². The fraction of sp³-hybridized carbons (Fsp3) is 0.500. The van der Waals surface area contributed by atoms with Gasteiger partial charge in [0, 0.05) is 25.0 Å². The van der Waals surface area contributed by atoms with Gasteiger partial charge in [-0.25, -0.2) is 4.79 Å². The molecule has 1 saturated heterocycles. The molecule has 2 amide bonds. The van der Waals surface area contributed by atoms with Crippen LogP contribution >= 0.6 is 0 Å². The van der Waals surface area contributed by atoms with Crippen molar-refractivity contribution >= 4 is 23.4 Å². The van der Waals surface area contributed by atoms with E-state index in [1.807, 2.05) is 19.1 Å². The Bertz CT molecular complexity index is 646. The molecule has 3 aliphatic rings. The van der Waals surface area contributed by atoms with Gasteiger partial charge in [0.1, 0.15) is 0 Å². The number of piperidine rings is 1. The van der Waals surface area contributed by atoms with Crippen molar-refractivity contribution in [3.63, 3.8) is 0 Å². The van der Waals surface area contributed by atoms with Gasteiger partial charge in [-0.05, 0) is 25.0 Å². The summed E-state index contributed by atoms with van der Waals surface area (Å²) in [5.74, 6) is 0.291. The number of carbonyl (C=O) groups is 2. The molecule has 3 aliphatic heterocycles. The monoisotopic (exact) mass is 301 g/mol. The van der Waals surface area contributed by atoms with Crippen molar-refractivity contribution in [2.24, 2.45) is 0 Å². The van der Waals surface area contributed by atoms with Crippen molar-refractivity contribution < 1.29 is 14.3 Å². The van der Waals surface area contributed by atoms with Crippen LogP contribution in [0.1, 0.15) is 24.8 Å². The Morgan fingerprint density at radius 1 is 1.45 bits per heavy atom. The molecule has 6 nitrogen and oxygen atoms in total. The molecule has 1 fully saturated rings. The quantitative estimate of drug-likeness (QED) is 0.859. The average molecular weight is 301 g/mol. The maximum atomic E-state index is 12.0. The van der Waals surface area contributed by atoms with Crippen LogP contribution in [-0.4, -0.2) is 49.2 Å². The molecule has 1 aromatic rings. The highest BCUT2D eigenvalue weighted by atomic mass is 16.6. The lowest BCUT2D eigenvalue weighted by atomic mass is 9.89. The summed E-state index contributed by atoms with van der Waals surface area (Å²) < 4.78 is 5.13. The van der Waals surface area contributed by atoms with E-state index in [9.17, 15) is 9.59 Å². The van der Waals surface area contributed by atoms with Gasteiger partial charge in [0.15, 0.2) is 0 Å². The third-order valence-electron chi connectivity index (χ3n) is 4.84. The third kappa shape index (κ3) is 1.86. The van der Waals surface area contributed by atoms with Crippen LogP contribution in [0.4, 0.5) is 16.2 Å². The van der Waals surface area contributed by atoms with E-state index in [1.54, 1.807) is 4.90 Å². The third-order valence-corrected chi connectivity index (χ3v) is 4.84. The standard InChI is InChI=1S/C16H19N3O3/c1-2-22-16(21)18-7-6-13-11(8-18)10-4-3-5-12-15(10)19(13)9-14(20)17-12/h3-5,11,13H,2,6-9H2,1H3,(H,17,20)/t11-,13-/m1/s1. The normalized spacial score (nSPS) is 25.4. The smallest absolute Gasteiger partial charge is 0.409 e. The molecule has 1 N–H and O–H groups in total. The van der Waals surface area contributed by atoms with Crippen molar-refractivity contribution in [1.29, 1.82) is 0 Å². The van der Waals surface area contributed by atoms with Crippen molar-refractivity contribution in [3.8, 4) is 0 Å². The highest BCUT2D eigenvalue weighted by Gasteiger charge is 2.46. The van der Waals surface area contributed by atoms with Gasteiger partial charge in [0.2, 0.25) is 5.91 Å². The van der Waals surface area contributed by atoms with Crippen LogP contribution in [0.3, 0.4) is 0 Å². The minimum Gasteiger partial charge on any atom is -0.450 e. The van der Waals surface area contributed by atoms with Crippen LogP contribution < -0.4 is 10.2 Å². The molecule has 6 heteroatoms. The molecule has 0 unspecified atom stereocenters. The van der Waals surface area contributed by atoms with E-state index in [0.29, 0.717) is 32.3 Å². The Balaban J connectivity index is 1.67. The van der Waals surface area contributed by atoms with E-state index in [-0.39, 0.29) is 17.9 Å². The van der Waals surface area contributed by atoms with E-state index < -0.39 is 0 Å².